The summed E-state index contributed by atoms with van der Waals surface area (Å²) in [4.78, 5) is 4.47. The first-order valence-corrected chi connectivity index (χ1v) is 8.85. The van der Waals surface area contributed by atoms with Crippen molar-refractivity contribution >= 4 is 38.9 Å². The van der Waals surface area contributed by atoms with Crippen molar-refractivity contribution in [1.29, 1.82) is 0 Å². The molecular formula is C15H17BrClFN2S. The van der Waals surface area contributed by atoms with Crippen LogP contribution in [0.3, 0.4) is 0 Å². The molecule has 2 rings (SSSR count). The number of aryl methyl sites for hydroxylation is 1. The number of benzene rings is 1. The second-order valence-electron chi connectivity index (χ2n) is 4.86. The molecule has 0 saturated carbocycles. The zero-order valence-electron chi connectivity index (χ0n) is 11.9. The van der Waals surface area contributed by atoms with Crippen molar-refractivity contribution in [2.24, 2.45) is 0 Å². The Bertz CT molecular complexity index is 618. The summed E-state index contributed by atoms with van der Waals surface area (Å²) in [7, 11) is 0. The molecule has 21 heavy (non-hydrogen) atoms. The number of nitrogens with one attached hydrogen (secondary N) is 1. The summed E-state index contributed by atoms with van der Waals surface area (Å²) >= 11 is 10.9. The molecule has 0 spiro atoms. The molecule has 1 atom stereocenters. The number of nitrogens with zero attached hydrogens (tertiary/aromatic N) is 1. The SMILES string of the molecule is CCCNC(Cc1nc(C)cs1)c1ccc(Br)c(Cl)c1F. The molecule has 1 aromatic heterocycles. The summed E-state index contributed by atoms with van der Waals surface area (Å²) in [5.41, 5.74) is 1.59. The van der Waals surface area contributed by atoms with Crippen molar-refractivity contribution in [2.75, 3.05) is 6.54 Å². The number of rotatable bonds is 6. The first-order chi connectivity index (χ1) is 10.0. The van der Waals surface area contributed by atoms with Gasteiger partial charge in [-0.2, -0.15) is 0 Å². The van der Waals surface area contributed by atoms with Gasteiger partial charge < -0.3 is 5.32 Å². The molecule has 0 saturated heterocycles. The minimum atomic E-state index is -0.368. The molecule has 0 bridgehead atoms. The summed E-state index contributed by atoms with van der Waals surface area (Å²) in [5, 5.41) is 6.52. The Hall–Kier alpha value is -0.490. The van der Waals surface area contributed by atoms with Crippen LogP contribution in [0, 0.1) is 12.7 Å². The van der Waals surface area contributed by atoms with Crippen molar-refractivity contribution in [3.05, 3.63) is 49.1 Å². The third kappa shape index (κ3) is 4.25. The molecule has 1 heterocycles. The molecule has 1 aromatic carbocycles. The summed E-state index contributed by atoms with van der Waals surface area (Å²) in [5.74, 6) is -0.368. The van der Waals surface area contributed by atoms with Crippen molar-refractivity contribution in [2.45, 2.75) is 32.7 Å². The summed E-state index contributed by atoms with van der Waals surface area (Å²) in [6, 6.07) is 3.44. The minimum Gasteiger partial charge on any atom is -0.309 e. The van der Waals surface area contributed by atoms with Crippen molar-refractivity contribution in [3.63, 3.8) is 0 Å². The summed E-state index contributed by atoms with van der Waals surface area (Å²) in [6.07, 6.45) is 1.65. The quantitative estimate of drug-likeness (QED) is 0.677. The molecule has 2 nitrogen and oxygen atoms in total. The van der Waals surface area contributed by atoms with E-state index < -0.39 is 0 Å². The van der Waals surface area contributed by atoms with E-state index in [4.69, 9.17) is 11.6 Å². The van der Waals surface area contributed by atoms with Gasteiger partial charge in [0.25, 0.3) is 0 Å². The van der Waals surface area contributed by atoms with E-state index in [0.717, 1.165) is 23.7 Å². The summed E-state index contributed by atoms with van der Waals surface area (Å²) < 4.78 is 15.0. The van der Waals surface area contributed by atoms with E-state index in [-0.39, 0.29) is 16.9 Å². The Balaban J connectivity index is 2.29. The van der Waals surface area contributed by atoms with Crippen LogP contribution in [0.1, 0.15) is 35.7 Å². The molecule has 1 unspecified atom stereocenters. The van der Waals surface area contributed by atoms with Gasteiger partial charge in [-0.1, -0.05) is 24.6 Å². The number of aromatic nitrogens is 1. The highest BCUT2D eigenvalue weighted by Gasteiger charge is 2.20. The first-order valence-electron chi connectivity index (χ1n) is 6.80. The minimum absolute atomic E-state index is 0.124. The molecule has 2 aromatic rings. The lowest BCUT2D eigenvalue weighted by atomic mass is 10.0. The zero-order valence-corrected chi connectivity index (χ0v) is 15.1. The van der Waals surface area contributed by atoms with Crippen LogP contribution in [-0.4, -0.2) is 11.5 Å². The van der Waals surface area contributed by atoms with Gasteiger partial charge in [0.15, 0.2) is 0 Å². The van der Waals surface area contributed by atoms with Crippen LogP contribution in [0.5, 0.6) is 0 Å². The largest absolute Gasteiger partial charge is 0.309 e. The van der Waals surface area contributed by atoms with Crippen molar-refractivity contribution < 1.29 is 4.39 Å². The van der Waals surface area contributed by atoms with Crippen LogP contribution >= 0.6 is 38.9 Å². The number of thiazole rings is 1. The Morgan fingerprint density at radius 3 is 2.86 bits per heavy atom. The molecule has 0 fully saturated rings. The summed E-state index contributed by atoms with van der Waals surface area (Å²) in [6.45, 7) is 4.87. The van der Waals surface area contributed by atoms with E-state index >= 15 is 0 Å². The maximum Gasteiger partial charge on any atom is 0.147 e. The van der Waals surface area contributed by atoms with Crippen LogP contribution < -0.4 is 5.32 Å². The third-order valence-electron chi connectivity index (χ3n) is 3.13. The fraction of sp³-hybridized carbons (Fsp3) is 0.400. The highest BCUT2D eigenvalue weighted by Crippen LogP contribution is 2.32. The van der Waals surface area contributed by atoms with E-state index in [1.165, 1.54) is 0 Å². The van der Waals surface area contributed by atoms with E-state index in [1.54, 1.807) is 23.5 Å². The molecule has 6 heteroatoms. The lowest BCUT2D eigenvalue weighted by molar-refractivity contribution is 0.496. The van der Waals surface area contributed by atoms with Crippen LogP contribution in [0.4, 0.5) is 4.39 Å². The second-order valence-corrected chi connectivity index (χ2v) is 7.03. The van der Waals surface area contributed by atoms with Gasteiger partial charge >= 0.3 is 0 Å². The molecule has 0 aliphatic rings. The normalized spacial score (nSPS) is 12.6. The molecule has 1 N–H and O–H groups in total. The van der Waals surface area contributed by atoms with Crippen LogP contribution in [0.2, 0.25) is 5.02 Å². The lowest BCUT2D eigenvalue weighted by Crippen LogP contribution is -2.25. The Kier molecular flexibility index (Phi) is 6.17. The highest BCUT2D eigenvalue weighted by molar-refractivity contribution is 9.10. The first kappa shape index (κ1) is 16.9. The highest BCUT2D eigenvalue weighted by atomic mass is 79.9. The van der Waals surface area contributed by atoms with E-state index in [1.807, 2.05) is 12.3 Å². The zero-order chi connectivity index (χ0) is 15.4. The third-order valence-corrected chi connectivity index (χ3v) is 5.37. The van der Waals surface area contributed by atoms with Crippen LogP contribution in [0.15, 0.2) is 22.0 Å². The maximum atomic E-state index is 14.4. The Morgan fingerprint density at radius 2 is 2.24 bits per heavy atom. The smallest absolute Gasteiger partial charge is 0.147 e. The molecule has 114 valence electrons. The fourth-order valence-electron chi connectivity index (χ4n) is 2.09. The predicted octanol–water partition coefficient (Wildman–Crippen LogP) is 5.29. The van der Waals surface area contributed by atoms with Crippen LogP contribution in [-0.2, 0) is 6.42 Å². The van der Waals surface area contributed by atoms with Gasteiger partial charge in [-0.05, 0) is 41.9 Å². The van der Waals surface area contributed by atoms with E-state index in [2.05, 4.69) is 33.2 Å². The fourth-order valence-corrected chi connectivity index (χ4v) is 3.39. The predicted molar refractivity (Wildman–Crippen MR) is 90.7 cm³/mol. The van der Waals surface area contributed by atoms with E-state index in [9.17, 15) is 4.39 Å². The number of hydrogen-bond donors (Lipinski definition) is 1. The van der Waals surface area contributed by atoms with Gasteiger partial charge in [0.05, 0.1) is 10.0 Å². The van der Waals surface area contributed by atoms with Crippen molar-refractivity contribution in [1.82, 2.24) is 10.3 Å². The second kappa shape index (κ2) is 7.68. The average molecular weight is 392 g/mol. The lowest BCUT2D eigenvalue weighted by Gasteiger charge is -2.19. The standard InChI is InChI=1S/C15H17BrClFN2S/c1-3-6-19-12(7-13-20-9(2)8-21-13)10-4-5-11(16)14(17)15(10)18/h4-5,8,12,19H,3,6-7H2,1-2H3. The van der Waals surface area contributed by atoms with Gasteiger partial charge in [-0.3, -0.25) is 0 Å². The van der Waals surface area contributed by atoms with Gasteiger partial charge in [-0.25, -0.2) is 9.37 Å². The number of hydrogen-bond acceptors (Lipinski definition) is 3. The maximum absolute atomic E-state index is 14.4. The topological polar surface area (TPSA) is 24.9 Å². The molecule has 0 aliphatic carbocycles. The van der Waals surface area contributed by atoms with Gasteiger partial charge in [0, 0.05) is 33.6 Å². The monoisotopic (exact) mass is 390 g/mol. The van der Waals surface area contributed by atoms with Gasteiger partial charge in [0.1, 0.15) is 5.82 Å². The van der Waals surface area contributed by atoms with E-state index in [0.29, 0.717) is 16.5 Å². The van der Waals surface area contributed by atoms with Crippen LogP contribution in [0.25, 0.3) is 0 Å². The Labute approximate surface area is 141 Å². The van der Waals surface area contributed by atoms with Crippen molar-refractivity contribution in [3.8, 4) is 0 Å². The molecular weight excluding hydrogens is 375 g/mol. The Morgan fingerprint density at radius 1 is 1.48 bits per heavy atom. The molecule has 0 amide bonds. The van der Waals surface area contributed by atoms with Gasteiger partial charge in [0.2, 0.25) is 0 Å². The molecule has 0 radical (unpaired) electrons. The average Bonchev–Trinajstić information content (AvgIpc) is 2.87. The van der Waals surface area contributed by atoms with Gasteiger partial charge in [-0.15, -0.1) is 11.3 Å². The number of halogens is 3. The molecule has 0 aliphatic heterocycles.